The van der Waals surface area contributed by atoms with E-state index in [4.69, 9.17) is 10.5 Å². The second-order valence-electron chi connectivity index (χ2n) is 5.60. The third kappa shape index (κ3) is 2.10. The molecule has 1 saturated heterocycles. The van der Waals surface area contributed by atoms with Crippen LogP contribution in [0.3, 0.4) is 0 Å². The Morgan fingerprint density at radius 1 is 1.36 bits per heavy atom. The Bertz CT molecular complexity index is 794. The molecule has 0 saturated carbocycles. The second kappa shape index (κ2) is 5.03. The number of nitrogen functional groups attached to an aromatic ring is 1. The van der Waals surface area contributed by atoms with Gasteiger partial charge in [0.15, 0.2) is 0 Å². The predicted molar refractivity (Wildman–Crippen MR) is 84.6 cm³/mol. The zero-order chi connectivity index (χ0) is 15.1. The largest absolute Gasteiger partial charge is 0.378 e. The van der Waals surface area contributed by atoms with E-state index in [1.54, 1.807) is 6.20 Å². The summed E-state index contributed by atoms with van der Waals surface area (Å²) in [6, 6.07) is 6.55. The van der Waals surface area contributed by atoms with Crippen LogP contribution < -0.4 is 11.1 Å². The Labute approximate surface area is 127 Å². The minimum absolute atomic E-state index is 0.202. The molecule has 3 heterocycles. The Kier molecular flexibility index (Phi) is 3.00. The number of benzene rings is 1. The van der Waals surface area contributed by atoms with Crippen LogP contribution in [0.15, 0.2) is 36.9 Å². The summed E-state index contributed by atoms with van der Waals surface area (Å²) in [4.78, 5) is 8.49. The lowest BCUT2D eigenvalue weighted by atomic mass is 10.1. The fourth-order valence-electron chi connectivity index (χ4n) is 2.96. The van der Waals surface area contributed by atoms with Crippen molar-refractivity contribution in [1.29, 1.82) is 0 Å². The Balaban J connectivity index is 1.60. The summed E-state index contributed by atoms with van der Waals surface area (Å²) in [5, 5.41) is 3.54. The van der Waals surface area contributed by atoms with Crippen LogP contribution in [0.2, 0.25) is 0 Å². The molecule has 3 N–H and O–H groups in total. The van der Waals surface area contributed by atoms with Crippen molar-refractivity contribution < 1.29 is 4.74 Å². The van der Waals surface area contributed by atoms with Crippen LogP contribution in [0.4, 0.5) is 11.6 Å². The number of ether oxygens (including phenoxy) is 1. The number of nitrogens with zero attached hydrogens (tertiary/aromatic N) is 4. The lowest BCUT2D eigenvalue weighted by Gasteiger charge is -2.21. The zero-order valence-electron chi connectivity index (χ0n) is 12.3. The number of hydrogen-bond acceptors (Lipinski definition) is 5. The van der Waals surface area contributed by atoms with Crippen LogP contribution in [-0.4, -0.2) is 38.4 Å². The lowest BCUT2D eigenvalue weighted by molar-refractivity contribution is 0.185. The van der Waals surface area contributed by atoms with Crippen LogP contribution in [0, 0.1) is 0 Å². The molecular weight excluding hydrogens is 280 g/mol. The molecule has 0 radical (unpaired) electrons. The molecule has 4 rings (SSSR count). The molecule has 0 bridgehead atoms. The molecule has 0 spiro atoms. The maximum absolute atomic E-state index is 5.85. The first-order valence-electron chi connectivity index (χ1n) is 7.26. The summed E-state index contributed by atoms with van der Waals surface area (Å²) in [5.41, 5.74) is 8.79. The van der Waals surface area contributed by atoms with Gasteiger partial charge < -0.3 is 24.9 Å². The number of aryl methyl sites for hydroxylation is 1. The first-order valence-corrected chi connectivity index (χ1v) is 7.26. The number of hydrogen-bond donors (Lipinski definition) is 2. The van der Waals surface area contributed by atoms with Gasteiger partial charge in [0.05, 0.1) is 42.7 Å². The molecule has 1 aliphatic heterocycles. The van der Waals surface area contributed by atoms with Gasteiger partial charge in [-0.2, -0.15) is 0 Å². The van der Waals surface area contributed by atoms with Gasteiger partial charge >= 0.3 is 0 Å². The van der Waals surface area contributed by atoms with Crippen LogP contribution in [0.1, 0.15) is 6.04 Å². The van der Waals surface area contributed by atoms with Gasteiger partial charge in [-0.25, -0.2) is 9.97 Å². The van der Waals surface area contributed by atoms with E-state index in [0.717, 1.165) is 16.7 Å². The van der Waals surface area contributed by atoms with Gasteiger partial charge in [-0.1, -0.05) is 0 Å². The van der Waals surface area contributed by atoms with E-state index in [1.807, 2.05) is 42.3 Å². The second-order valence-corrected chi connectivity index (χ2v) is 5.60. The zero-order valence-corrected chi connectivity index (χ0v) is 12.3. The van der Waals surface area contributed by atoms with Crippen molar-refractivity contribution in [3.63, 3.8) is 0 Å². The Morgan fingerprint density at radius 2 is 2.27 bits per heavy atom. The highest BCUT2D eigenvalue weighted by atomic mass is 16.5. The number of rotatable bonds is 3. The number of imidazole rings is 2. The summed E-state index contributed by atoms with van der Waals surface area (Å²) in [6.45, 7) is 1.36. The van der Waals surface area contributed by atoms with E-state index in [-0.39, 0.29) is 12.1 Å². The molecule has 0 unspecified atom stereocenters. The molecule has 3 aromatic rings. The smallest absolute Gasteiger partial charge is 0.200 e. The van der Waals surface area contributed by atoms with E-state index in [1.165, 1.54) is 0 Å². The van der Waals surface area contributed by atoms with Gasteiger partial charge in [0.2, 0.25) is 5.95 Å². The number of aromatic nitrogens is 4. The van der Waals surface area contributed by atoms with Gasteiger partial charge in [-0.3, -0.25) is 0 Å². The molecule has 1 aliphatic rings. The standard InChI is InChI=1S/C15H18N6O/c1-20-13-3-2-10(6-11(13)19-15(20)16)18-12-7-22-8-14(12)21-5-4-17-9-21/h2-6,9,12,14,18H,7-8H2,1H3,(H2,16,19)/t12-,14+/m0/s1. The van der Waals surface area contributed by atoms with Crippen LogP contribution >= 0.6 is 0 Å². The lowest BCUT2D eigenvalue weighted by Crippen LogP contribution is -2.29. The quantitative estimate of drug-likeness (QED) is 0.764. The Morgan fingerprint density at radius 3 is 3.09 bits per heavy atom. The van der Waals surface area contributed by atoms with Crippen molar-refractivity contribution in [1.82, 2.24) is 19.1 Å². The molecule has 2 aromatic heterocycles. The molecule has 0 amide bonds. The molecular formula is C15H18N6O. The van der Waals surface area contributed by atoms with Gasteiger partial charge in [0.25, 0.3) is 0 Å². The molecule has 7 nitrogen and oxygen atoms in total. The summed E-state index contributed by atoms with van der Waals surface area (Å²) < 4.78 is 9.59. The van der Waals surface area contributed by atoms with Crippen molar-refractivity contribution in [2.24, 2.45) is 7.05 Å². The molecule has 7 heteroatoms. The van der Waals surface area contributed by atoms with Gasteiger partial charge in [-0.15, -0.1) is 0 Å². The molecule has 1 aromatic carbocycles. The van der Waals surface area contributed by atoms with Gasteiger partial charge in [0, 0.05) is 25.1 Å². The summed E-state index contributed by atoms with van der Waals surface area (Å²) in [6.07, 6.45) is 5.59. The van der Waals surface area contributed by atoms with Crippen LogP contribution in [0.25, 0.3) is 11.0 Å². The average Bonchev–Trinajstić information content (AvgIpc) is 3.21. The average molecular weight is 298 g/mol. The highest BCUT2D eigenvalue weighted by Gasteiger charge is 2.29. The topological polar surface area (TPSA) is 82.9 Å². The summed E-state index contributed by atoms with van der Waals surface area (Å²) in [7, 11) is 1.91. The van der Waals surface area contributed by atoms with Crippen molar-refractivity contribution >= 4 is 22.7 Å². The fraction of sp³-hybridized carbons (Fsp3) is 0.333. The number of nitrogens with one attached hydrogen (secondary N) is 1. The first kappa shape index (κ1) is 13.1. The SMILES string of the molecule is Cn1c(N)nc2cc(N[C@H]3COC[C@H]3n3ccnc3)ccc21. The van der Waals surface area contributed by atoms with Gasteiger partial charge in [-0.05, 0) is 18.2 Å². The van der Waals surface area contributed by atoms with Crippen LogP contribution in [0.5, 0.6) is 0 Å². The number of fused-ring (bicyclic) bond motifs is 1. The predicted octanol–water partition coefficient (Wildman–Crippen LogP) is 1.40. The maximum atomic E-state index is 5.85. The van der Waals surface area contributed by atoms with Crippen LogP contribution in [-0.2, 0) is 11.8 Å². The summed E-state index contributed by atoms with van der Waals surface area (Å²) >= 11 is 0. The highest BCUT2D eigenvalue weighted by Crippen LogP contribution is 2.26. The normalized spacial score (nSPS) is 21.5. The molecule has 22 heavy (non-hydrogen) atoms. The minimum atomic E-state index is 0.202. The van der Waals surface area contributed by atoms with E-state index in [0.29, 0.717) is 19.2 Å². The maximum Gasteiger partial charge on any atom is 0.200 e. The number of anilines is 2. The van der Waals surface area contributed by atoms with E-state index >= 15 is 0 Å². The molecule has 1 fully saturated rings. The minimum Gasteiger partial charge on any atom is -0.378 e. The Hall–Kier alpha value is -2.54. The van der Waals surface area contributed by atoms with Gasteiger partial charge in [0.1, 0.15) is 0 Å². The first-order chi connectivity index (χ1) is 10.7. The number of nitrogens with two attached hydrogens (primary N) is 1. The van der Waals surface area contributed by atoms with Crippen molar-refractivity contribution in [2.45, 2.75) is 12.1 Å². The van der Waals surface area contributed by atoms with Crippen molar-refractivity contribution in [3.05, 3.63) is 36.9 Å². The molecule has 114 valence electrons. The summed E-state index contributed by atoms with van der Waals surface area (Å²) in [5.74, 6) is 0.521. The highest BCUT2D eigenvalue weighted by molar-refractivity contribution is 5.82. The van der Waals surface area contributed by atoms with Crippen molar-refractivity contribution in [3.8, 4) is 0 Å². The fourth-order valence-corrected chi connectivity index (χ4v) is 2.96. The van der Waals surface area contributed by atoms with Crippen molar-refractivity contribution in [2.75, 3.05) is 24.3 Å². The van der Waals surface area contributed by atoms with E-state index < -0.39 is 0 Å². The molecule has 2 atom stereocenters. The third-order valence-corrected chi connectivity index (χ3v) is 4.23. The van der Waals surface area contributed by atoms with E-state index in [2.05, 4.69) is 19.9 Å². The molecule has 0 aliphatic carbocycles. The third-order valence-electron chi connectivity index (χ3n) is 4.23. The monoisotopic (exact) mass is 298 g/mol. The van der Waals surface area contributed by atoms with E-state index in [9.17, 15) is 0 Å².